The Morgan fingerprint density at radius 1 is 1.37 bits per heavy atom. The molecule has 0 bridgehead atoms. The van der Waals surface area contributed by atoms with Crippen LogP contribution >= 0.6 is 0 Å². The first kappa shape index (κ1) is 13.5. The van der Waals surface area contributed by atoms with Crippen molar-refractivity contribution < 1.29 is 4.74 Å². The van der Waals surface area contributed by atoms with E-state index in [1.807, 2.05) is 23.9 Å². The third kappa shape index (κ3) is 3.12. The van der Waals surface area contributed by atoms with Gasteiger partial charge in [0.05, 0.1) is 7.11 Å². The van der Waals surface area contributed by atoms with Gasteiger partial charge in [0.2, 0.25) is 0 Å². The summed E-state index contributed by atoms with van der Waals surface area (Å²) in [5.74, 6) is 2.60. The molecule has 2 N–H and O–H groups in total. The van der Waals surface area contributed by atoms with Crippen LogP contribution in [0.1, 0.15) is 22.8 Å². The van der Waals surface area contributed by atoms with Gasteiger partial charge in [0.15, 0.2) is 5.82 Å². The number of hydrogen-bond donors (Lipinski definition) is 1. The van der Waals surface area contributed by atoms with Crippen molar-refractivity contribution in [3.63, 3.8) is 0 Å². The van der Waals surface area contributed by atoms with E-state index in [4.69, 9.17) is 10.5 Å². The molecule has 0 radical (unpaired) electrons. The third-order valence-electron chi connectivity index (χ3n) is 3.05. The maximum Gasteiger partial charge on any atom is 0.152 e. The van der Waals surface area contributed by atoms with E-state index in [1.54, 1.807) is 7.11 Å². The SMILES string of the molecule is COc1ccc(C)cc1Cc1nc(CCN)nn1C. The Bertz CT molecular complexity index is 563. The van der Waals surface area contributed by atoms with Gasteiger partial charge in [-0.15, -0.1) is 0 Å². The average Bonchev–Trinajstić information content (AvgIpc) is 2.71. The number of hydrogen-bond acceptors (Lipinski definition) is 4. The van der Waals surface area contributed by atoms with E-state index in [1.165, 1.54) is 5.56 Å². The van der Waals surface area contributed by atoms with Crippen molar-refractivity contribution in [3.05, 3.63) is 41.0 Å². The van der Waals surface area contributed by atoms with E-state index in [0.717, 1.165) is 23.0 Å². The molecule has 0 aliphatic carbocycles. The number of benzene rings is 1. The van der Waals surface area contributed by atoms with Crippen LogP contribution in [0.3, 0.4) is 0 Å². The van der Waals surface area contributed by atoms with Gasteiger partial charge in [-0.1, -0.05) is 17.7 Å². The lowest BCUT2D eigenvalue weighted by Gasteiger charge is -2.08. The normalized spacial score (nSPS) is 10.7. The maximum atomic E-state index is 5.53. The summed E-state index contributed by atoms with van der Waals surface area (Å²) in [6.07, 6.45) is 1.41. The number of aromatic nitrogens is 3. The Labute approximate surface area is 113 Å². The molecule has 1 heterocycles. The number of nitrogens with two attached hydrogens (primary N) is 1. The maximum absolute atomic E-state index is 5.53. The fourth-order valence-electron chi connectivity index (χ4n) is 2.08. The van der Waals surface area contributed by atoms with Gasteiger partial charge < -0.3 is 10.5 Å². The van der Waals surface area contributed by atoms with Crippen molar-refractivity contribution in [3.8, 4) is 5.75 Å². The summed E-state index contributed by atoms with van der Waals surface area (Å²) < 4.78 is 7.20. The highest BCUT2D eigenvalue weighted by atomic mass is 16.5. The van der Waals surface area contributed by atoms with Crippen molar-refractivity contribution in [2.24, 2.45) is 12.8 Å². The van der Waals surface area contributed by atoms with Crippen molar-refractivity contribution in [1.82, 2.24) is 14.8 Å². The van der Waals surface area contributed by atoms with Crippen molar-refractivity contribution >= 4 is 0 Å². The Kier molecular flexibility index (Phi) is 4.16. The molecule has 0 saturated carbocycles. The zero-order valence-electron chi connectivity index (χ0n) is 11.7. The van der Waals surface area contributed by atoms with Crippen LogP contribution < -0.4 is 10.5 Å². The molecule has 102 valence electrons. The van der Waals surface area contributed by atoms with Crippen molar-refractivity contribution in [2.45, 2.75) is 19.8 Å². The first-order chi connectivity index (χ1) is 9.13. The number of methoxy groups -OCH3 is 1. The highest BCUT2D eigenvalue weighted by Crippen LogP contribution is 2.22. The van der Waals surface area contributed by atoms with Gasteiger partial charge >= 0.3 is 0 Å². The van der Waals surface area contributed by atoms with Crippen LogP contribution in [0.25, 0.3) is 0 Å². The minimum atomic E-state index is 0.567. The lowest BCUT2D eigenvalue weighted by Crippen LogP contribution is -2.04. The van der Waals surface area contributed by atoms with Gasteiger partial charge in [0.1, 0.15) is 11.6 Å². The van der Waals surface area contributed by atoms with Crippen LogP contribution in [-0.2, 0) is 19.9 Å². The van der Waals surface area contributed by atoms with E-state index in [-0.39, 0.29) is 0 Å². The largest absolute Gasteiger partial charge is 0.496 e. The van der Waals surface area contributed by atoms with Crippen LogP contribution in [0.2, 0.25) is 0 Å². The van der Waals surface area contributed by atoms with Crippen LogP contribution in [0.4, 0.5) is 0 Å². The monoisotopic (exact) mass is 260 g/mol. The second-order valence-electron chi connectivity index (χ2n) is 4.60. The first-order valence-electron chi connectivity index (χ1n) is 6.36. The summed E-state index contributed by atoms with van der Waals surface area (Å²) >= 11 is 0. The number of ether oxygens (including phenoxy) is 1. The molecule has 0 spiro atoms. The summed E-state index contributed by atoms with van der Waals surface area (Å²) in [6.45, 7) is 2.64. The molecular weight excluding hydrogens is 240 g/mol. The molecule has 0 amide bonds. The quantitative estimate of drug-likeness (QED) is 0.878. The molecule has 1 aromatic heterocycles. The number of rotatable bonds is 5. The predicted octanol–water partition coefficient (Wildman–Crippen LogP) is 1.22. The highest BCUT2D eigenvalue weighted by molar-refractivity contribution is 5.38. The molecule has 0 unspecified atom stereocenters. The lowest BCUT2D eigenvalue weighted by molar-refractivity contribution is 0.410. The molecule has 0 atom stereocenters. The smallest absolute Gasteiger partial charge is 0.152 e. The Hall–Kier alpha value is -1.88. The second-order valence-corrected chi connectivity index (χ2v) is 4.60. The van der Waals surface area contributed by atoms with Crippen LogP contribution in [0.15, 0.2) is 18.2 Å². The molecule has 2 rings (SSSR count). The molecule has 1 aromatic carbocycles. The molecule has 2 aromatic rings. The molecule has 19 heavy (non-hydrogen) atoms. The van der Waals surface area contributed by atoms with Gasteiger partial charge in [-0.05, 0) is 19.5 Å². The van der Waals surface area contributed by atoms with Crippen LogP contribution in [0, 0.1) is 6.92 Å². The fourth-order valence-corrected chi connectivity index (χ4v) is 2.08. The van der Waals surface area contributed by atoms with E-state index in [0.29, 0.717) is 19.4 Å². The van der Waals surface area contributed by atoms with Crippen molar-refractivity contribution in [2.75, 3.05) is 13.7 Å². The van der Waals surface area contributed by atoms with Gasteiger partial charge in [-0.3, -0.25) is 4.68 Å². The highest BCUT2D eigenvalue weighted by Gasteiger charge is 2.11. The number of aryl methyl sites for hydroxylation is 2. The van der Waals surface area contributed by atoms with Gasteiger partial charge in [0, 0.05) is 25.5 Å². The van der Waals surface area contributed by atoms with E-state index in [9.17, 15) is 0 Å². The van der Waals surface area contributed by atoms with Crippen molar-refractivity contribution in [1.29, 1.82) is 0 Å². The molecule has 5 nitrogen and oxygen atoms in total. The standard InChI is InChI=1S/C14H20N4O/c1-10-4-5-12(19-3)11(8-10)9-14-16-13(6-7-15)17-18(14)2/h4-5,8H,6-7,9,15H2,1-3H3. The third-order valence-corrected chi connectivity index (χ3v) is 3.05. The van der Waals surface area contributed by atoms with Gasteiger partial charge in [-0.25, -0.2) is 4.98 Å². The minimum absolute atomic E-state index is 0.567. The van der Waals surface area contributed by atoms with E-state index < -0.39 is 0 Å². The number of nitrogens with zero attached hydrogens (tertiary/aromatic N) is 3. The summed E-state index contributed by atoms with van der Waals surface area (Å²) in [5, 5.41) is 4.36. The van der Waals surface area contributed by atoms with Crippen LogP contribution in [0.5, 0.6) is 5.75 Å². The molecule has 0 aliphatic heterocycles. The van der Waals surface area contributed by atoms with Crippen LogP contribution in [-0.4, -0.2) is 28.4 Å². The molecule has 5 heteroatoms. The zero-order valence-corrected chi connectivity index (χ0v) is 11.7. The molecular formula is C14H20N4O. The lowest BCUT2D eigenvalue weighted by atomic mass is 10.1. The van der Waals surface area contributed by atoms with E-state index >= 15 is 0 Å². The summed E-state index contributed by atoms with van der Waals surface area (Å²) in [5.41, 5.74) is 7.86. The Morgan fingerprint density at radius 2 is 2.16 bits per heavy atom. The predicted molar refractivity (Wildman–Crippen MR) is 74.3 cm³/mol. The fraction of sp³-hybridized carbons (Fsp3) is 0.429. The average molecular weight is 260 g/mol. The van der Waals surface area contributed by atoms with E-state index in [2.05, 4.69) is 23.1 Å². The summed E-state index contributed by atoms with van der Waals surface area (Å²) in [6, 6.07) is 6.15. The molecule has 0 saturated heterocycles. The Balaban J connectivity index is 2.27. The van der Waals surface area contributed by atoms with Gasteiger partial charge in [-0.2, -0.15) is 5.10 Å². The summed E-state index contributed by atoms with van der Waals surface area (Å²) in [7, 11) is 3.59. The summed E-state index contributed by atoms with van der Waals surface area (Å²) in [4.78, 5) is 4.52. The topological polar surface area (TPSA) is 66.0 Å². The minimum Gasteiger partial charge on any atom is -0.496 e. The van der Waals surface area contributed by atoms with Gasteiger partial charge in [0.25, 0.3) is 0 Å². The zero-order chi connectivity index (χ0) is 13.8. The molecule has 0 aliphatic rings. The molecule has 0 fully saturated rings. The first-order valence-corrected chi connectivity index (χ1v) is 6.36. The Morgan fingerprint density at radius 3 is 2.84 bits per heavy atom. The second kappa shape index (κ2) is 5.84.